The molecule has 2 nitrogen and oxygen atoms in total. The van der Waals surface area contributed by atoms with Crippen LogP contribution in [0.3, 0.4) is 0 Å². The Labute approximate surface area is 210 Å². The quantitative estimate of drug-likeness (QED) is 0.408. The highest BCUT2D eigenvalue weighted by Gasteiger charge is 2.57. The summed E-state index contributed by atoms with van der Waals surface area (Å²) >= 11 is 7.22. The van der Waals surface area contributed by atoms with E-state index in [2.05, 4.69) is 112 Å². The number of hydrogen-bond donors (Lipinski definition) is 1. The van der Waals surface area contributed by atoms with Gasteiger partial charge in [0.05, 0.1) is 21.9 Å². The lowest BCUT2D eigenvalue weighted by Gasteiger charge is -2.50. The number of rotatable bonds is 3. The first-order valence-electron chi connectivity index (χ1n) is 12.6. The Kier molecular flexibility index (Phi) is 5.52. The summed E-state index contributed by atoms with van der Waals surface area (Å²) in [6.45, 7) is 13.8. The first-order chi connectivity index (χ1) is 16.0. The van der Waals surface area contributed by atoms with E-state index >= 15 is 0 Å². The van der Waals surface area contributed by atoms with Gasteiger partial charge in [-0.15, -0.1) is 0 Å². The monoisotopic (exact) mass is 472 g/mol. The Morgan fingerprint density at radius 3 is 2.26 bits per heavy atom. The smallest absolute Gasteiger partial charge is 0.0878 e. The van der Waals surface area contributed by atoms with E-state index < -0.39 is 0 Å². The largest absolute Gasteiger partial charge is 0.354 e. The van der Waals surface area contributed by atoms with Crippen molar-refractivity contribution >= 4 is 34.4 Å². The Balaban J connectivity index is 1.59. The number of halogens is 1. The predicted molar refractivity (Wildman–Crippen MR) is 147 cm³/mol. The number of benzene rings is 3. The molecule has 34 heavy (non-hydrogen) atoms. The molecule has 1 aliphatic carbocycles. The molecule has 178 valence electrons. The van der Waals surface area contributed by atoms with Gasteiger partial charge in [-0.25, -0.2) is 0 Å². The summed E-state index contributed by atoms with van der Waals surface area (Å²) < 4.78 is 0. The average Bonchev–Trinajstić information content (AvgIpc) is 3.00. The second-order valence-electron chi connectivity index (χ2n) is 11.8. The van der Waals surface area contributed by atoms with Crippen molar-refractivity contribution in [3.63, 3.8) is 0 Å². The van der Waals surface area contributed by atoms with Crippen LogP contribution in [0.2, 0.25) is 5.02 Å². The normalized spacial score (nSPS) is 24.0. The third-order valence-electron chi connectivity index (χ3n) is 8.48. The second kappa shape index (κ2) is 8.05. The third kappa shape index (κ3) is 3.53. The van der Waals surface area contributed by atoms with Gasteiger partial charge in [-0.2, -0.15) is 0 Å². The molecule has 0 radical (unpaired) electrons. The fraction of sp³-hybridized carbons (Fsp3) is 0.419. The average molecular weight is 473 g/mol. The van der Waals surface area contributed by atoms with E-state index in [0.29, 0.717) is 0 Å². The predicted octanol–water partition coefficient (Wildman–Crippen LogP) is 9.43. The maximum atomic E-state index is 7.22. The van der Waals surface area contributed by atoms with E-state index in [0.717, 1.165) is 22.1 Å². The van der Waals surface area contributed by atoms with Gasteiger partial charge in [0, 0.05) is 16.8 Å². The highest BCUT2D eigenvalue weighted by atomic mass is 35.5. The van der Waals surface area contributed by atoms with Crippen molar-refractivity contribution in [2.45, 2.75) is 83.6 Å². The Morgan fingerprint density at radius 2 is 1.56 bits per heavy atom. The van der Waals surface area contributed by atoms with Crippen LogP contribution in [0.1, 0.15) is 77.0 Å². The van der Waals surface area contributed by atoms with Gasteiger partial charge in [0.25, 0.3) is 0 Å². The van der Waals surface area contributed by atoms with Crippen molar-refractivity contribution in [1.82, 2.24) is 0 Å². The molecule has 1 fully saturated rings. The van der Waals surface area contributed by atoms with E-state index in [1.807, 2.05) is 0 Å². The molecule has 1 N–H and O–H groups in total. The first-order valence-corrected chi connectivity index (χ1v) is 13.0. The van der Waals surface area contributed by atoms with Crippen LogP contribution in [0, 0.1) is 6.92 Å². The summed E-state index contributed by atoms with van der Waals surface area (Å²) in [5.74, 6) is 0. The summed E-state index contributed by atoms with van der Waals surface area (Å²) in [4.78, 5) is 2.56. The van der Waals surface area contributed by atoms with Crippen molar-refractivity contribution in [3.05, 3.63) is 82.4 Å². The number of nitrogens with zero attached hydrogens (tertiary/aromatic N) is 1. The standard InChI is InChI=1S/C31H37ClN2/c1-21-19-25(33-23-15-13-22(14-16-23)29(2,3)4)28(32)27(20-21)34-26-12-8-7-11-24(26)30(5)17-9-10-18-31(30,34)6/h7-8,11-16,19-20,33H,9-10,17-18H2,1-6H3. The molecule has 2 atom stereocenters. The number of nitrogens with one attached hydrogen (secondary N) is 1. The Morgan fingerprint density at radius 1 is 0.882 bits per heavy atom. The summed E-state index contributed by atoms with van der Waals surface area (Å²) in [5.41, 5.74) is 8.68. The van der Waals surface area contributed by atoms with E-state index in [1.165, 1.54) is 48.1 Å². The fourth-order valence-corrected chi connectivity index (χ4v) is 6.53. The first kappa shape index (κ1) is 23.3. The fourth-order valence-electron chi connectivity index (χ4n) is 6.29. The number of aryl methyl sites for hydroxylation is 1. The number of hydrogen-bond acceptors (Lipinski definition) is 2. The second-order valence-corrected chi connectivity index (χ2v) is 12.1. The molecule has 3 aromatic rings. The van der Waals surface area contributed by atoms with E-state index in [4.69, 9.17) is 11.6 Å². The van der Waals surface area contributed by atoms with Crippen LogP contribution < -0.4 is 10.2 Å². The highest BCUT2D eigenvalue weighted by molar-refractivity contribution is 6.36. The van der Waals surface area contributed by atoms with Gasteiger partial charge < -0.3 is 10.2 Å². The molecule has 0 saturated heterocycles. The SMILES string of the molecule is Cc1cc(Nc2ccc(C(C)(C)C)cc2)c(Cl)c(N2c3ccccc3C3(C)CCCCC23C)c1. The molecule has 0 spiro atoms. The minimum atomic E-state index is -0.00199. The molecule has 2 unspecified atom stereocenters. The van der Waals surface area contributed by atoms with Gasteiger partial charge in [0.2, 0.25) is 0 Å². The molecule has 1 saturated carbocycles. The van der Waals surface area contributed by atoms with Gasteiger partial charge >= 0.3 is 0 Å². The minimum absolute atomic E-state index is 0.00199. The zero-order chi connectivity index (χ0) is 24.3. The van der Waals surface area contributed by atoms with Crippen LogP contribution >= 0.6 is 11.6 Å². The third-order valence-corrected chi connectivity index (χ3v) is 8.88. The molecule has 0 amide bonds. The van der Waals surface area contributed by atoms with Gasteiger partial charge in [0.1, 0.15) is 0 Å². The number of anilines is 4. The highest BCUT2D eigenvalue weighted by Crippen LogP contribution is 2.61. The number of para-hydroxylation sites is 1. The molecule has 0 bridgehead atoms. The maximum Gasteiger partial charge on any atom is 0.0878 e. The van der Waals surface area contributed by atoms with Crippen LogP contribution in [-0.2, 0) is 10.8 Å². The van der Waals surface area contributed by atoms with Gasteiger partial charge in [-0.05, 0) is 79.1 Å². The molecule has 1 aliphatic heterocycles. The molecule has 1 heterocycles. The lowest BCUT2D eigenvalue weighted by Crippen LogP contribution is -2.54. The summed E-state index contributed by atoms with van der Waals surface area (Å²) in [7, 11) is 0. The van der Waals surface area contributed by atoms with Crippen LogP contribution in [0.5, 0.6) is 0 Å². The Hall–Kier alpha value is -2.45. The molecule has 0 aromatic heterocycles. The van der Waals surface area contributed by atoms with Crippen LogP contribution in [0.25, 0.3) is 0 Å². The maximum absolute atomic E-state index is 7.22. The molecule has 5 rings (SSSR count). The zero-order valence-corrected chi connectivity index (χ0v) is 22.2. The number of fused-ring (bicyclic) bond motifs is 3. The van der Waals surface area contributed by atoms with Crippen LogP contribution in [-0.4, -0.2) is 5.54 Å². The molecule has 3 aromatic carbocycles. The molecular formula is C31H37ClN2. The summed E-state index contributed by atoms with van der Waals surface area (Å²) in [5, 5.41) is 4.40. The van der Waals surface area contributed by atoms with Gasteiger partial charge in [0.15, 0.2) is 0 Å². The lowest BCUT2D eigenvalue weighted by atomic mass is 9.61. The van der Waals surface area contributed by atoms with Gasteiger partial charge in [-0.3, -0.25) is 0 Å². The van der Waals surface area contributed by atoms with E-state index in [9.17, 15) is 0 Å². The van der Waals surface area contributed by atoms with E-state index in [1.54, 1.807) is 0 Å². The molecular weight excluding hydrogens is 436 g/mol. The van der Waals surface area contributed by atoms with Crippen molar-refractivity contribution in [1.29, 1.82) is 0 Å². The van der Waals surface area contributed by atoms with Crippen molar-refractivity contribution in [2.75, 3.05) is 10.2 Å². The summed E-state index contributed by atoms with van der Waals surface area (Å²) in [6, 6.07) is 22.1. The van der Waals surface area contributed by atoms with Gasteiger partial charge in [-0.1, -0.05) is 82.5 Å². The van der Waals surface area contributed by atoms with Crippen molar-refractivity contribution < 1.29 is 0 Å². The topological polar surface area (TPSA) is 15.3 Å². The Bertz CT molecular complexity index is 1220. The molecule has 3 heteroatoms. The van der Waals surface area contributed by atoms with E-state index in [-0.39, 0.29) is 16.4 Å². The van der Waals surface area contributed by atoms with Crippen molar-refractivity contribution in [3.8, 4) is 0 Å². The van der Waals surface area contributed by atoms with Crippen LogP contribution in [0.4, 0.5) is 22.7 Å². The molecule has 2 aliphatic rings. The zero-order valence-electron chi connectivity index (χ0n) is 21.4. The lowest BCUT2D eigenvalue weighted by molar-refractivity contribution is 0.195. The van der Waals surface area contributed by atoms with Crippen LogP contribution in [0.15, 0.2) is 60.7 Å². The van der Waals surface area contributed by atoms with Crippen molar-refractivity contribution in [2.24, 2.45) is 0 Å². The minimum Gasteiger partial charge on any atom is -0.354 e. The summed E-state index contributed by atoms with van der Waals surface area (Å²) in [6.07, 6.45) is 4.92.